The van der Waals surface area contributed by atoms with E-state index in [0.717, 1.165) is 10.0 Å². The van der Waals surface area contributed by atoms with Crippen LogP contribution in [0.2, 0.25) is 5.02 Å². The van der Waals surface area contributed by atoms with Gasteiger partial charge in [-0.1, -0.05) is 35.9 Å². The quantitative estimate of drug-likeness (QED) is 0.397. The summed E-state index contributed by atoms with van der Waals surface area (Å²) in [7, 11) is 0. The third-order valence-corrected chi connectivity index (χ3v) is 4.79. The summed E-state index contributed by atoms with van der Waals surface area (Å²) in [4.78, 5) is 16.4. The second kappa shape index (κ2) is 6.94. The second-order valence-electron chi connectivity index (χ2n) is 5.50. The van der Waals surface area contributed by atoms with E-state index in [0.29, 0.717) is 22.1 Å². The molecule has 3 aromatic rings. The van der Waals surface area contributed by atoms with Crippen molar-refractivity contribution in [3.63, 3.8) is 0 Å². The SMILES string of the molecule is O=C1OC(c2ccccc2Br)=N/C1=C\c1ccc(-c2ccccc2Cl)o1. The summed E-state index contributed by atoms with van der Waals surface area (Å²) >= 11 is 9.61. The van der Waals surface area contributed by atoms with Gasteiger partial charge in [0.1, 0.15) is 11.5 Å². The number of rotatable bonds is 3. The van der Waals surface area contributed by atoms with Crippen molar-refractivity contribution < 1.29 is 13.9 Å². The highest BCUT2D eigenvalue weighted by Crippen LogP contribution is 2.30. The van der Waals surface area contributed by atoms with Gasteiger partial charge in [0.25, 0.3) is 0 Å². The number of carbonyl (C=O) groups is 1. The standard InChI is InChI=1S/C20H11BrClNO3/c21-15-7-3-1-5-13(15)19-23-17(20(24)26-19)11-12-9-10-18(25-12)14-6-2-4-8-16(14)22/h1-11H/b17-11-. The van der Waals surface area contributed by atoms with Crippen molar-refractivity contribution in [2.24, 2.45) is 4.99 Å². The number of aliphatic imine (C=N–C) groups is 1. The van der Waals surface area contributed by atoms with Gasteiger partial charge in [-0.3, -0.25) is 0 Å². The van der Waals surface area contributed by atoms with Crippen LogP contribution in [0, 0.1) is 0 Å². The van der Waals surface area contributed by atoms with Crippen LogP contribution in [0.15, 0.2) is 80.2 Å². The first-order chi connectivity index (χ1) is 12.6. The molecule has 26 heavy (non-hydrogen) atoms. The molecular weight excluding hydrogens is 418 g/mol. The van der Waals surface area contributed by atoms with E-state index in [1.807, 2.05) is 42.5 Å². The second-order valence-corrected chi connectivity index (χ2v) is 6.76. The number of halogens is 2. The summed E-state index contributed by atoms with van der Waals surface area (Å²) < 4.78 is 11.8. The van der Waals surface area contributed by atoms with Gasteiger partial charge >= 0.3 is 5.97 Å². The van der Waals surface area contributed by atoms with E-state index in [9.17, 15) is 4.79 Å². The summed E-state index contributed by atoms with van der Waals surface area (Å²) in [6.45, 7) is 0. The average molecular weight is 429 g/mol. The van der Waals surface area contributed by atoms with Crippen LogP contribution in [0.1, 0.15) is 11.3 Å². The van der Waals surface area contributed by atoms with E-state index in [1.165, 1.54) is 0 Å². The van der Waals surface area contributed by atoms with Crippen molar-refractivity contribution in [2.75, 3.05) is 0 Å². The zero-order valence-corrected chi connectivity index (χ0v) is 15.6. The highest BCUT2D eigenvalue weighted by atomic mass is 79.9. The number of ether oxygens (including phenoxy) is 1. The van der Waals surface area contributed by atoms with Crippen LogP contribution in [-0.4, -0.2) is 11.9 Å². The molecule has 0 saturated carbocycles. The third kappa shape index (κ3) is 3.23. The Kier molecular flexibility index (Phi) is 4.49. The van der Waals surface area contributed by atoms with Crippen LogP contribution in [0.3, 0.4) is 0 Å². The van der Waals surface area contributed by atoms with Crippen molar-refractivity contribution in [1.29, 1.82) is 0 Å². The number of cyclic esters (lactones) is 1. The molecule has 0 fully saturated rings. The molecule has 1 aliphatic rings. The molecule has 0 bridgehead atoms. The molecule has 128 valence electrons. The minimum Gasteiger partial charge on any atom is -0.457 e. The average Bonchev–Trinajstić information content (AvgIpc) is 3.23. The van der Waals surface area contributed by atoms with E-state index in [1.54, 1.807) is 24.3 Å². The van der Waals surface area contributed by atoms with E-state index in [2.05, 4.69) is 20.9 Å². The lowest BCUT2D eigenvalue weighted by Crippen LogP contribution is -2.05. The number of benzene rings is 2. The van der Waals surface area contributed by atoms with E-state index in [-0.39, 0.29) is 11.6 Å². The fraction of sp³-hybridized carbons (Fsp3) is 0. The van der Waals surface area contributed by atoms with E-state index < -0.39 is 5.97 Å². The molecule has 0 N–H and O–H groups in total. The van der Waals surface area contributed by atoms with Gasteiger partial charge in [-0.05, 0) is 52.3 Å². The Morgan fingerprint density at radius 1 is 0.962 bits per heavy atom. The van der Waals surface area contributed by atoms with Crippen molar-refractivity contribution in [1.82, 2.24) is 0 Å². The number of esters is 1. The molecule has 0 aliphatic carbocycles. The largest absolute Gasteiger partial charge is 0.457 e. The zero-order chi connectivity index (χ0) is 18.1. The highest BCUT2D eigenvalue weighted by Gasteiger charge is 2.25. The molecule has 4 nitrogen and oxygen atoms in total. The summed E-state index contributed by atoms with van der Waals surface area (Å²) in [6, 6.07) is 18.3. The normalized spacial score (nSPS) is 15.2. The Morgan fingerprint density at radius 3 is 2.46 bits per heavy atom. The maximum absolute atomic E-state index is 12.1. The number of hydrogen-bond donors (Lipinski definition) is 0. The first-order valence-electron chi connectivity index (χ1n) is 7.74. The summed E-state index contributed by atoms with van der Waals surface area (Å²) in [5, 5.41) is 0.593. The van der Waals surface area contributed by atoms with E-state index >= 15 is 0 Å². The van der Waals surface area contributed by atoms with Gasteiger partial charge in [0.2, 0.25) is 5.90 Å². The van der Waals surface area contributed by atoms with Crippen molar-refractivity contribution >= 4 is 45.5 Å². The summed E-state index contributed by atoms with van der Waals surface area (Å²) in [6.07, 6.45) is 1.55. The highest BCUT2D eigenvalue weighted by molar-refractivity contribution is 9.10. The first-order valence-corrected chi connectivity index (χ1v) is 8.91. The van der Waals surface area contributed by atoms with Crippen molar-refractivity contribution in [2.45, 2.75) is 0 Å². The van der Waals surface area contributed by atoms with Crippen LogP contribution >= 0.6 is 27.5 Å². The molecular formula is C20H11BrClNO3. The zero-order valence-electron chi connectivity index (χ0n) is 13.3. The lowest BCUT2D eigenvalue weighted by molar-refractivity contribution is -0.129. The van der Waals surface area contributed by atoms with Gasteiger partial charge in [0.05, 0.1) is 10.6 Å². The van der Waals surface area contributed by atoms with Gasteiger partial charge in [0, 0.05) is 16.1 Å². The first kappa shape index (κ1) is 16.8. The Bertz CT molecular complexity index is 1070. The van der Waals surface area contributed by atoms with Gasteiger partial charge in [-0.25, -0.2) is 9.79 Å². The number of hydrogen-bond acceptors (Lipinski definition) is 4. The monoisotopic (exact) mass is 427 g/mol. The topological polar surface area (TPSA) is 51.8 Å². The molecule has 0 spiro atoms. The lowest BCUT2D eigenvalue weighted by Gasteiger charge is -2.01. The molecule has 2 aromatic carbocycles. The minimum atomic E-state index is -0.522. The molecule has 2 heterocycles. The predicted molar refractivity (Wildman–Crippen MR) is 104 cm³/mol. The minimum absolute atomic E-state index is 0.177. The van der Waals surface area contributed by atoms with Crippen LogP contribution in [-0.2, 0) is 9.53 Å². The fourth-order valence-electron chi connectivity index (χ4n) is 2.53. The van der Waals surface area contributed by atoms with Crippen LogP contribution in [0.5, 0.6) is 0 Å². The Labute approximate surface area is 162 Å². The Balaban J connectivity index is 1.66. The molecule has 6 heteroatoms. The van der Waals surface area contributed by atoms with Gasteiger partial charge in [-0.15, -0.1) is 0 Å². The lowest BCUT2D eigenvalue weighted by atomic mass is 10.2. The third-order valence-electron chi connectivity index (χ3n) is 3.77. The van der Waals surface area contributed by atoms with Crippen molar-refractivity contribution in [3.05, 3.63) is 87.2 Å². The molecule has 0 unspecified atom stereocenters. The van der Waals surface area contributed by atoms with Gasteiger partial charge in [0.15, 0.2) is 5.70 Å². The Hall–Kier alpha value is -2.63. The molecule has 1 aliphatic heterocycles. The van der Waals surface area contributed by atoms with Crippen LogP contribution in [0.4, 0.5) is 0 Å². The molecule has 0 saturated heterocycles. The van der Waals surface area contributed by atoms with Crippen molar-refractivity contribution in [3.8, 4) is 11.3 Å². The molecule has 0 atom stereocenters. The molecule has 4 rings (SSSR count). The number of furan rings is 1. The molecule has 1 aromatic heterocycles. The summed E-state index contributed by atoms with van der Waals surface area (Å²) in [5.41, 5.74) is 1.67. The number of carbonyl (C=O) groups excluding carboxylic acids is 1. The van der Waals surface area contributed by atoms with Crippen LogP contribution < -0.4 is 0 Å². The van der Waals surface area contributed by atoms with E-state index in [4.69, 9.17) is 20.8 Å². The molecule has 0 amide bonds. The fourth-order valence-corrected chi connectivity index (χ4v) is 3.21. The number of nitrogens with zero attached hydrogens (tertiary/aromatic N) is 1. The maximum Gasteiger partial charge on any atom is 0.363 e. The Morgan fingerprint density at radius 2 is 1.69 bits per heavy atom. The maximum atomic E-state index is 12.1. The van der Waals surface area contributed by atoms with Gasteiger partial charge < -0.3 is 9.15 Å². The smallest absolute Gasteiger partial charge is 0.363 e. The summed E-state index contributed by atoms with van der Waals surface area (Å²) in [5.74, 6) is 0.839. The predicted octanol–water partition coefficient (Wildman–Crippen LogP) is 5.71. The molecule has 0 radical (unpaired) electrons. The van der Waals surface area contributed by atoms with Gasteiger partial charge in [-0.2, -0.15) is 0 Å². The van der Waals surface area contributed by atoms with Crippen LogP contribution in [0.25, 0.3) is 17.4 Å².